The number of hydrogen-bond acceptors (Lipinski definition) is 6. The van der Waals surface area contributed by atoms with E-state index in [0.29, 0.717) is 13.1 Å². The minimum atomic E-state index is -4.47. The van der Waals surface area contributed by atoms with E-state index in [1.807, 2.05) is 13.2 Å². The van der Waals surface area contributed by atoms with E-state index in [9.17, 15) is 13.2 Å². The van der Waals surface area contributed by atoms with Gasteiger partial charge in [-0.1, -0.05) is 5.21 Å². The molecule has 2 aromatic rings. The van der Waals surface area contributed by atoms with Gasteiger partial charge in [0.05, 0.1) is 5.69 Å². The Morgan fingerprint density at radius 1 is 1.38 bits per heavy atom. The van der Waals surface area contributed by atoms with Crippen molar-refractivity contribution in [3.8, 4) is 0 Å². The van der Waals surface area contributed by atoms with Crippen LogP contribution < -0.4 is 4.90 Å². The monoisotopic (exact) mass is 341 g/mol. The lowest BCUT2D eigenvalue weighted by molar-refractivity contribution is -0.141. The lowest BCUT2D eigenvalue weighted by Gasteiger charge is -2.25. The van der Waals surface area contributed by atoms with Gasteiger partial charge in [-0.25, -0.2) is 9.97 Å². The second kappa shape index (κ2) is 6.34. The van der Waals surface area contributed by atoms with Crippen molar-refractivity contribution in [3.05, 3.63) is 29.8 Å². The molecule has 130 valence electrons. The molecule has 0 aliphatic carbocycles. The first-order chi connectivity index (χ1) is 11.3. The quantitative estimate of drug-likeness (QED) is 0.836. The summed E-state index contributed by atoms with van der Waals surface area (Å²) in [5, 5.41) is 7.95. The smallest absolute Gasteiger partial charge is 0.340 e. The number of aromatic nitrogens is 5. The Bertz CT molecular complexity index is 700. The van der Waals surface area contributed by atoms with Gasteiger partial charge in [0.25, 0.3) is 0 Å². The van der Waals surface area contributed by atoms with E-state index in [-0.39, 0.29) is 12.0 Å². The normalized spacial score (nSPS) is 19.0. The van der Waals surface area contributed by atoms with Crippen LogP contribution in [0.4, 0.5) is 19.1 Å². The standard InChI is InChI=1S/C14H18F3N7/c1-22-7-10(20-21-22)8-24-6-4-11(9-24)23(2)13-18-5-3-12(19-13)14(15,16)17/h3,5,7,11H,4,6,8-9H2,1-2H3. The van der Waals surface area contributed by atoms with Crippen molar-refractivity contribution in [1.82, 2.24) is 29.9 Å². The van der Waals surface area contributed by atoms with Crippen LogP contribution in [0.25, 0.3) is 0 Å². The lowest BCUT2D eigenvalue weighted by atomic mass is 10.2. The molecule has 0 N–H and O–H groups in total. The Balaban J connectivity index is 1.65. The molecule has 1 unspecified atom stereocenters. The van der Waals surface area contributed by atoms with E-state index >= 15 is 0 Å². The summed E-state index contributed by atoms with van der Waals surface area (Å²) in [4.78, 5) is 11.5. The highest BCUT2D eigenvalue weighted by Crippen LogP contribution is 2.28. The van der Waals surface area contributed by atoms with Crippen LogP contribution in [0.5, 0.6) is 0 Å². The van der Waals surface area contributed by atoms with Gasteiger partial charge in [0.15, 0.2) is 0 Å². The molecule has 0 radical (unpaired) electrons. The zero-order valence-electron chi connectivity index (χ0n) is 13.4. The summed E-state index contributed by atoms with van der Waals surface area (Å²) in [7, 11) is 3.54. The fourth-order valence-electron chi connectivity index (χ4n) is 2.81. The second-order valence-electron chi connectivity index (χ2n) is 5.91. The molecule has 24 heavy (non-hydrogen) atoms. The van der Waals surface area contributed by atoms with E-state index in [2.05, 4.69) is 25.2 Å². The van der Waals surface area contributed by atoms with Crippen molar-refractivity contribution >= 4 is 5.95 Å². The molecule has 7 nitrogen and oxygen atoms in total. The SMILES string of the molecule is CN(c1nccc(C(F)(F)F)n1)C1CCN(Cc2cn(C)nn2)C1. The number of halogens is 3. The van der Waals surface area contributed by atoms with E-state index in [1.165, 1.54) is 0 Å². The van der Waals surface area contributed by atoms with Gasteiger partial charge in [-0.15, -0.1) is 5.10 Å². The molecule has 0 aromatic carbocycles. The second-order valence-corrected chi connectivity index (χ2v) is 5.91. The van der Waals surface area contributed by atoms with Crippen LogP contribution >= 0.6 is 0 Å². The minimum Gasteiger partial charge on any atom is -0.340 e. The van der Waals surface area contributed by atoms with E-state index in [4.69, 9.17) is 0 Å². The fourth-order valence-corrected chi connectivity index (χ4v) is 2.81. The molecular formula is C14H18F3N7. The zero-order chi connectivity index (χ0) is 17.3. The average Bonchev–Trinajstić information content (AvgIpc) is 3.15. The Kier molecular flexibility index (Phi) is 4.39. The number of anilines is 1. The molecule has 0 bridgehead atoms. The van der Waals surface area contributed by atoms with Crippen LogP contribution in [-0.2, 0) is 19.8 Å². The van der Waals surface area contributed by atoms with Gasteiger partial charge in [-0.05, 0) is 12.5 Å². The van der Waals surface area contributed by atoms with Crippen LogP contribution in [-0.4, -0.2) is 56.0 Å². The van der Waals surface area contributed by atoms with E-state index < -0.39 is 11.9 Å². The van der Waals surface area contributed by atoms with Crippen LogP contribution in [0.2, 0.25) is 0 Å². The summed E-state index contributed by atoms with van der Waals surface area (Å²) in [6.45, 7) is 2.22. The largest absolute Gasteiger partial charge is 0.433 e. The van der Waals surface area contributed by atoms with Gasteiger partial charge >= 0.3 is 6.18 Å². The molecule has 1 atom stereocenters. The van der Waals surface area contributed by atoms with Crippen molar-refractivity contribution in [2.24, 2.45) is 7.05 Å². The molecule has 1 aliphatic rings. The summed E-state index contributed by atoms with van der Waals surface area (Å²) in [6, 6.07) is 0.942. The third kappa shape index (κ3) is 3.64. The predicted octanol–water partition coefficient (Wildman–Crippen LogP) is 1.33. The van der Waals surface area contributed by atoms with Crippen molar-refractivity contribution in [3.63, 3.8) is 0 Å². The topological polar surface area (TPSA) is 63.0 Å². The average molecular weight is 341 g/mol. The van der Waals surface area contributed by atoms with E-state index in [1.54, 1.807) is 16.6 Å². The van der Waals surface area contributed by atoms with Crippen LogP contribution in [0.1, 0.15) is 17.8 Å². The van der Waals surface area contributed by atoms with Crippen LogP contribution in [0.3, 0.4) is 0 Å². The zero-order valence-corrected chi connectivity index (χ0v) is 13.4. The molecule has 1 aliphatic heterocycles. The molecule has 3 heterocycles. The molecule has 0 amide bonds. The van der Waals surface area contributed by atoms with Gasteiger partial charge in [-0.2, -0.15) is 13.2 Å². The van der Waals surface area contributed by atoms with Gasteiger partial charge in [0, 0.05) is 52.2 Å². The van der Waals surface area contributed by atoms with Gasteiger partial charge < -0.3 is 4.90 Å². The molecule has 1 fully saturated rings. The maximum absolute atomic E-state index is 12.8. The van der Waals surface area contributed by atoms with Crippen LogP contribution in [0.15, 0.2) is 18.5 Å². The maximum atomic E-state index is 12.8. The molecular weight excluding hydrogens is 323 g/mol. The van der Waals surface area contributed by atoms with Crippen molar-refractivity contribution in [2.45, 2.75) is 25.2 Å². The third-order valence-corrected chi connectivity index (χ3v) is 4.08. The fraction of sp³-hybridized carbons (Fsp3) is 0.571. The molecule has 3 rings (SSSR count). The summed E-state index contributed by atoms with van der Waals surface area (Å²) in [5.74, 6) is 0.0937. The number of likely N-dealkylation sites (N-methyl/N-ethyl adjacent to an activating group) is 1. The van der Waals surface area contributed by atoms with Gasteiger partial charge in [-0.3, -0.25) is 9.58 Å². The molecule has 0 saturated carbocycles. The first-order valence-electron chi connectivity index (χ1n) is 7.53. The number of aryl methyl sites for hydroxylation is 1. The number of likely N-dealkylation sites (tertiary alicyclic amines) is 1. The maximum Gasteiger partial charge on any atom is 0.433 e. The highest BCUT2D eigenvalue weighted by molar-refractivity contribution is 5.32. The Morgan fingerprint density at radius 3 is 2.83 bits per heavy atom. The number of rotatable bonds is 4. The Hall–Kier alpha value is -2.23. The van der Waals surface area contributed by atoms with Gasteiger partial charge in [0.1, 0.15) is 5.69 Å². The number of nitrogens with zero attached hydrogens (tertiary/aromatic N) is 7. The predicted molar refractivity (Wildman–Crippen MR) is 80.1 cm³/mol. The third-order valence-electron chi connectivity index (χ3n) is 4.08. The molecule has 2 aromatic heterocycles. The number of alkyl halides is 3. The minimum absolute atomic E-state index is 0.0603. The highest BCUT2D eigenvalue weighted by Gasteiger charge is 2.34. The lowest BCUT2D eigenvalue weighted by Crippen LogP contribution is -2.35. The molecule has 1 saturated heterocycles. The summed E-state index contributed by atoms with van der Waals surface area (Å²) in [5.41, 5.74) is -0.0510. The first-order valence-corrected chi connectivity index (χ1v) is 7.53. The summed E-state index contributed by atoms with van der Waals surface area (Å²) in [6.07, 6.45) is -0.635. The van der Waals surface area contributed by atoms with Crippen molar-refractivity contribution < 1.29 is 13.2 Å². The van der Waals surface area contributed by atoms with Crippen molar-refractivity contribution in [2.75, 3.05) is 25.0 Å². The first kappa shape index (κ1) is 16.6. The molecule has 0 spiro atoms. The van der Waals surface area contributed by atoms with E-state index in [0.717, 1.165) is 30.9 Å². The Labute approximate surface area is 137 Å². The molecule has 10 heteroatoms. The summed E-state index contributed by atoms with van der Waals surface area (Å²) < 4.78 is 40.0. The van der Waals surface area contributed by atoms with Crippen LogP contribution in [0, 0.1) is 0 Å². The van der Waals surface area contributed by atoms with Crippen molar-refractivity contribution in [1.29, 1.82) is 0 Å². The van der Waals surface area contributed by atoms with Gasteiger partial charge in [0.2, 0.25) is 5.95 Å². The summed E-state index contributed by atoms with van der Waals surface area (Å²) >= 11 is 0. The number of hydrogen-bond donors (Lipinski definition) is 0. The Morgan fingerprint density at radius 2 is 2.17 bits per heavy atom. The highest BCUT2D eigenvalue weighted by atomic mass is 19.4.